The molecular weight excluding hydrogens is 268 g/mol. The number of thiophene rings is 1. The van der Waals surface area contributed by atoms with Crippen molar-refractivity contribution in [3.05, 3.63) is 52.2 Å². The summed E-state index contributed by atoms with van der Waals surface area (Å²) in [5, 5.41) is 5.63. The topological polar surface area (TPSA) is 58.5 Å². The van der Waals surface area contributed by atoms with Gasteiger partial charge in [-0.05, 0) is 30.5 Å². The summed E-state index contributed by atoms with van der Waals surface area (Å²) in [6.07, 6.45) is 1.48. The van der Waals surface area contributed by atoms with Gasteiger partial charge in [-0.2, -0.15) is 13.5 Å². The summed E-state index contributed by atoms with van der Waals surface area (Å²) in [6.45, 7) is 1.90. The molecule has 0 unspecified atom stereocenters. The Morgan fingerprint density at radius 3 is 2.56 bits per heavy atom. The van der Waals surface area contributed by atoms with E-state index >= 15 is 0 Å². The average molecular weight is 280 g/mol. The minimum absolute atomic E-state index is 0.205. The lowest BCUT2D eigenvalue weighted by Crippen LogP contribution is -2.18. The zero-order valence-corrected chi connectivity index (χ0v) is 11.3. The van der Waals surface area contributed by atoms with Crippen LogP contribution in [-0.2, 0) is 10.0 Å². The molecule has 0 spiro atoms. The molecule has 1 N–H and O–H groups in total. The largest absolute Gasteiger partial charge is 0.276 e. The number of benzene rings is 1. The van der Waals surface area contributed by atoms with Gasteiger partial charge in [-0.15, -0.1) is 11.3 Å². The van der Waals surface area contributed by atoms with Crippen LogP contribution < -0.4 is 4.83 Å². The van der Waals surface area contributed by atoms with E-state index in [1.54, 1.807) is 24.3 Å². The summed E-state index contributed by atoms with van der Waals surface area (Å²) < 4.78 is 23.7. The Labute approximate surface area is 110 Å². The Hall–Kier alpha value is -1.66. The number of hydrazone groups is 1. The van der Waals surface area contributed by atoms with E-state index in [1.807, 2.05) is 24.4 Å². The molecule has 6 heteroatoms. The molecule has 4 nitrogen and oxygen atoms in total. The number of rotatable bonds is 4. The molecule has 0 saturated heterocycles. The van der Waals surface area contributed by atoms with Crippen molar-refractivity contribution < 1.29 is 8.42 Å². The van der Waals surface area contributed by atoms with Crippen LogP contribution in [-0.4, -0.2) is 14.6 Å². The fourth-order valence-corrected chi connectivity index (χ4v) is 2.67. The van der Waals surface area contributed by atoms with E-state index in [0.717, 1.165) is 10.4 Å². The number of sulfonamides is 1. The van der Waals surface area contributed by atoms with Crippen LogP contribution in [0.15, 0.2) is 51.8 Å². The van der Waals surface area contributed by atoms with E-state index in [9.17, 15) is 8.42 Å². The van der Waals surface area contributed by atoms with Crippen molar-refractivity contribution in [1.82, 2.24) is 4.83 Å². The molecule has 0 aliphatic rings. The maximum absolute atomic E-state index is 11.9. The highest BCUT2D eigenvalue weighted by Crippen LogP contribution is 2.10. The lowest BCUT2D eigenvalue weighted by Gasteiger charge is -2.02. The van der Waals surface area contributed by atoms with Crippen molar-refractivity contribution in [2.24, 2.45) is 5.10 Å². The molecule has 1 aromatic carbocycles. The van der Waals surface area contributed by atoms with Gasteiger partial charge in [0, 0.05) is 4.88 Å². The minimum atomic E-state index is -3.57. The summed E-state index contributed by atoms with van der Waals surface area (Å²) in [5.41, 5.74) is 1.01. The molecule has 0 aliphatic carbocycles. The fraction of sp³-hybridized carbons (Fsp3) is 0.0833. The normalized spacial score (nSPS) is 11.8. The second-order valence-electron chi connectivity index (χ2n) is 3.68. The number of nitrogens with zero attached hydrogens (tertiary/aromatic N) is 1. The number of hydrogen-bond donors (Lipinski definition) is 1. The first-order chi connectivity index (χ1) is 8.58. The van der Waals surface area contributed by atoms with Gasteiger partial charge < -0.3 is 0 Å². The van der Waals surface area contributed by atoms with Crippen molar-refractivity contribution >= 4 is 27.6 Å². The van der Waals surface area contributed by atoms with E-state index in [2.05, 4.69) is 9.93 Å². The van der Waals surface area contributed by atoms with Crippen LogP contribution in [0.1, 0.15) is 10.4 Å². The number of hydrogen-bond acceptors (Lipinski definition) is 4. The summed E-state index contributed by atoms with van der Waals surface area (Å²) in [4.78, 5) is 3.28. The quantitative estimate of drug-likeness (QED) is 0.690. The first kappa shape index (κ1) is 12.8. The second-order valence-corrected chi connectivity index (χ2v) is 6.32. The Balaban J connectivity index is 2.10. The molecule has 2 rings (SSSR count). The van der Waals surface area contributed by atoms with E-state index in [1.165, 1.54) is 17.6 Å². The predicted octanol–water partition coefficient (Wildman–Crippen LogP) is 2.37. The standard InChI is InChI=1S/C12H12N2O2S2/c1-10-4-6-12(7-5-10)18(15,16)14-13-9-11-3-2-8-17-11/h2-9,14H,1H3/b13-9-. The van der Waals surface area contributed by atoms with Gasteiger partial charge in [0.15, 0.2) is 0 Å². The van der Waals surface area contributed by atoms with Crippen LogP contribution in [0.4, 0.5) is 0 Å². The van der Waals surface area contributed by atoms with Crippen LogP contribution in [0.3, 0.4) is 0 Å². The first-order valence-electron chi connectivity index (χ1n) is 5.23. The lowest BCUT2D eigenvalue weighted by molar-refractivity contribution is 0.584. The fourth-order valence-electron chi connectivity index (χ4n) is 1.29. The zero-order valence-electron chi connectivity index (χ0n) is 9.70. The van der Waals surface area contributed by atoms with Crippen molar-refractivity contribution in [2.75, 3.05) is 0 Å². The third-order valence-corrected chi connectivity index (χ3v) is 4.28. The first-order valence-corrected chi connectivity index (χ1v) is 7.59. The summed E-state index contributed by atoms with van der Waals surface area (Å²) >= 11 is 1.49. The van der Waals surface area contributed by atoms with Crippen molar-refractivity contribution in [3.8, 4) is 0 Å². The summed E-state index contributed by atoms with van der Waals surface area (Å²) in [5.74, 6) is 0. The van der Waals surface area contributed by atoms with E-state index in [0.29, 0.717) is 0 Å². The second kappa shape index (κ2) is 5.32. The Kier molecular flexibility index (Phi) is 3.78. The van der Waals surface area contributed by atoms with Gasteiger partial charge in [-0.3, -0.25) is 0 Å². The smallest absolute Gasteiger partial charge is 0.200 e. The van der Waals surface area contributed by atoms with Gasteiger partial charge in [0.25, 0.3) is 10.0 Å². The van der Waals surface area contributed by atoms with Gasteiger partial charge in [0.2, 0.25) is 0 Å². The number of nitrogens with one attached hydrogen (secondary N) is 1. The molecule has 1 heterocycles. The summed E-state index contributed by atoms with van der Waals surface area (Å²) in [7, 11) is -3.57. The molecule has 18 heavy (non-hydrogen) atoms. The molecule has 0 fully saturated rings. The summed E-state index contributed by atoms with van der Waals surface area (Å²) in [6, 6.07) is 10.3. The Morgan fingerprint density at radius 1 is 1.22 bits per heavy atom. The Morgan fingerprint density at radius 2 is 1.94 bits per heavy atom. The van der Waals surface area contributed by atoms with Gasteiger partial charge in [-0.1, -0.05) is 23.8 Å². The molecule has 0 radical (unpaired) electrons. The van der Waals surface area contributed by atoms with E-state index < -0.39 is 10.0 Å². The molecule has 0 atom stereocenters. The third kappa shape index (κ3) is 3.18. The molecule has 0 saturated carbocycles. The molecular formula is C12H12N2O2S2. The SMILES string of the molecule is Cc1ccc(S(=O)(=O)N/N=C\c2cccs2)cc1. The van der Waals surface area contributed by atoms with Crippen LogP contribution in [0.25, 0.3) is 0 Å². The van der Waals surface area contributed by atoms with Gasteiger partial charge in [0.05, 0.1) is 11.1 Å². The van der Waals surface area contributed by atoms with Crippen molar-refractivity contribution in [3.63, 3.8) is 0 Å². The van der Waals surface area contributed by atoms with Crippen LogP contribution in [0, 0.1) is 6.92 Å². The van der Waals surface area contributed by atoms with Gasteiger partial charge >= 0.3 is 0 Å². The molecule has 94 valence electrons. The lowest BCUT2D eigenvalue weighted by atomic mass is 10.2. The molecule has 0 bridgehead atoms. The minimum Gasteiger partial charge on any atom is -0.200 e. The van der Waals surface area contributed by atoms with E-state index in [4.69, 9.17) is 0 Å². The van der Waals surface area contributed by atoms with Crippen LogP contribution in [0.2, 0.25) is 0 Å². The number of aryl methyl sites for hydroxylation is 1. The van der Waals surface area contributed by atoms with Crippen molar-refractivity contribution in [2.45, 2.75) is 11.8 Å². The monoisotopic (exact) mass is 280 g/mol. The molecule has 0 aliphatic heterocycles. The average Bonchev–Trinajstić information content (AvgIpc) is 2.82. The predicted molar refractivity (Wildman–Crippen MR) is 73.4 cm³/mol. The highest BCUT2D eigenvalue weighted by atomic mass is 32.2. The molecule has 0 amide bonds. The maximum atomic E-state index is 11.9. The van der Waals surface area contributed by atoms with Crippen LogP contribution >= 0.6 is 11.3 Å². The highest BCUT2D eigenvalue weighted by Gasteiger charge is 2.11. The van der Waals surface area contributed by atoms with Crippen LogP contribution in [0.5, 0.6) is 0 Å². The maximum Gasteiger partial charge on any atom is 0.276 e. The molecule has 1 aromatic heterocycles. The van der Waals surface area contributed by atoms with Gasteiger partial charge in [-0.25, -0.2) is 4.83 Å². The Bertz CT molecular complexity index is 629. The molecule has 2 aromatic rings. The van der Waals surface area contributed by atoms with Gasteiger partial charge in [0.1, 0.15) is 0 Å². The zero-order chi connectivity index (χ0) is 13.0. The third-order valence-electron chi connectivity index (χ3n) is 2.24. The van der Waals surface area contributed by atoms with Crippen molar-refractivity contribution in [1.29, 1.82) is 0 Å². The van der Waals surface area contributed by atoms with E-state index in [-0.39, 0.29) is 4.90 Å². The highest BCUT2D eigenvalue weighted by molar-refractivity contribution is 7.89.